The molecule has 4 nitrogen and oxygen atoms in total. The summed E-state index contributed by atoms with van der Waals surface area (Å²) < 4.78 is 5.42. The predicted octanol–water partition coefficient (Wildman–Crippen LogP) is 2.96. The Bertz CT molecular complexity index is 582. The van der Waals surface area contributed by atoms with Gasteiger partial charge in [0.25, 0.3) is 0 Å². The third kappa shape index (κ3) is 2.28. The molecule has 2 aromatic rings. The van der Waals surface area contributed by atoms with Crippen molar-refractivity contribution in [3.05, 3.63) is 41.5 Å². The Morgan fingerprint density at radius 3 is 2.95 bits per heavy atom. The normalized spacial score (nSPS) is 19.7. The fourth-order valence-corrected chi connectivity index (χ4v) is 3.41. The summed E-state index contributed by atoms with van der Waals surface area (Å²) in [7, 11) is 0. The van der Waals surface area contributed by atoms with Crippen molar-refractivity contribution < 1.29 is 4.52 Å². The molecule has 2 atom stereocenters. The zero-order valence-electron chi connectivity index (χ0n) is 11.0. The lowest BCUT2D eigenvalue weighted by Crippen LogP contribution is -2.18. The van der Waals surface area contributed by atoms with Gasteiger partial charge in [0, 0.05) is 10.6 Å². The second-order valence-corrected chi connectivity index (χ2v) is 6.22. The van der Waals surface area contributed by atoms with E-state index in [9.17, 15) is 0 Å². The van der Waals surface area contributed by atoms with E-state index in [0.717, 1.165) is 5.75 Å². The van der Waals surface area contributed by atoms with Crippen molar-refractivity contribution in [1.29, 1.82) is 0 Å². The summed E-state index contributed by atoms with van der Waals surface area (Å²) in [6.45, 7) is 4.11. The summed E-state index contributed by atoms with van der Waals surface area (Å²) in [5, 5.41) is 4.03. The molecule has 0 saturated carbocycles. The molecule has 2 unspecified atom stereocenters. The van der Waals surface area contributed by atoms with Crippen molar-refractivity contribution in [2.24, 2.45) is 11.7 Å². The Morgan fingerprint density at radius 1 is 1.37 bits per heavy atom. The first-order chi connectivity index (χ1) is 9.16. The highest BCUT2D eigenvalue weighted by atomic mass is 32.2. The highest BCUT2D eigenvalue weighted by Crippen LogP contribution is 2.42. The quantitative estimate of drug-likeness (QED) is 0.933. The zero-order chi connectivity index (χ0) is 13.4. The Labute approximate surface area is 116 Å². The summed E-state index contributed by atoms with van der Waals surface area (Å²) in [5.74, 6) is 2.75. The van der Waals surface area contributed by atoms with Gasteiger partial charge < -0.3 is 10.3 Å². The van der Waals surface area contributed by atoms with Crippen LogP contribution in [0.4, 0.5) is 0 Å². The van der Waals surface area contributed by atoms with Crippen LogP contribution in [0, 0.1) is 5.92 Å². The number of benzene rings is 1. The van der Waals surface area contributed by atoms with E-state index in [-0.39, 0.29) is 12.0 Å². The number of fused-ring (bicyclic) bond motifs is 1. The molecule has 1 aliphatic rings. The van der Waals surface area contributed by atoms with E-state index < -0.39 is 0 Å². The molecule has 5 heteroatoms. The van der Waals surface area contributed by atoms with Crippen molar-refractivity contribution >= 4 is 11.8 Å². The van der Waals surface area contributed by atoms with Crippen molar-refractivity contribution in [3.8, 4) is 0 Å². The predicted molar refractivity (Wildman–Crippen MR) is 75.1 cm³/mol. The van der Waals surface area contributed by atoms with Gasteiger partial charge in [-0.15, -0.1) is 11.8 Å². The third-order valence-electron chi connectivity index (χ3n) is 3.47. The minimum atomic E-state index is -0.165. The number of rotatable bonds is 3. The minimum Gasteiger partial charge on any atom is -0.339 e. The highest BCUT2D eigenvalue weighted by molar-refractivity contribution is 7.99. The fourth-order valence-electron chi connectivity index (χ4n) is 2.19. The van der Waals surface area contributed by atoms with E-state index in [1.807, 2.05) is 11.8 Å². The molecule has 1 aromatic heterocycles. The molecule has 2 N–H and O–H groups in total. The van der Waals surface area contributed by atoms with Gasteiger partial charge in [0.05, 0.1) is 12.0 Å². The van der Waals surface area contributed by atoms with Crippen molar-refractivity contribution in [1.82, 2.24) is 10.1 Å². The first-order valence-corrected chi connectivity index (χ1v) is 7.46. The van der Waals surface area contributed by atoms with Gasteiger partial charge in [-0.05, 0) is 17.5 Å². The van der Waals surface area contributed by atoms with Crippen LogP contribution < -0.4 is 5.73 Å². The van der Waals surface area contributed by atoms with Gasteiger partial charge >= 0.3 is 0 Å². The number of hydrogen-bond acceptors (Lipinski definition) is 5. The lowest BCUT2D eigenvalue weighted by atomic mass is 10.0. The van der Waals surface area contributed by atoms with Crippen LogP contribution in [-0.4, -0.2) is 15.9 Å². The topological polar surface area (TPSA) is 64.9 Å². The second-order valence-electron chi connectivity index (χ2n) is 5.16. The average Bonchev–Trinajstić information content (AvgIpc) is 3.03. The lowest BCUT2D eigenvalue weighted by Gasteiger charge is -2.09. The van der Waals surface area contributed by atoms with Crippen molar-refractivity contribution in [2.75, 3.05) is 5.75 Å². The van der Waals surface area contributed by atoms with E-state index in [1.165, 1.54) is 10.5 Å². The number of hydrogen-bond donors (Lipinski definition) is 1. The molecule has 0 aliphatic carbocycles. The Balaban J connectivity index is 1.89. The molecule has 0 saturated heterocycles. The summed E-state index contributed by atoms with van der Waals surface area (Å²) in [6.07, 6.45) is 0. The third-order valence-corrected chi connectivity index (χ3v) is 4.65. The minimum absolute atomic E-state index is 0.165. The van der Waals surface area contributed by atoms with Gasteiger partial charge in [-0.3, -0.25) is 0 Å². The molecule has 3 rings (SSSR count). The van der Waals surface area contributed by atoms with E-state index in [2.05, 4.69) is 48.3 Å². The monoisotopic (exact) mass is 275 g/mol. The van der Waals surface area contributed by atoms with E-state index in [4.69, 9.17) is 10.3 Å². The van der Waals surface area contributed by atoms with Crippen LogP contribution in [0.5, 0.6) is 0 Å². The molecule has 100 valence electrons. The van der Waals surface area contributed by atoms with Crippen molar-refractivity contribution in [2.45, 2.75) is 30.7 Å². The van der Waals surface area contributed by atoms with Crippen LogP contribution in [0.2, 0.25) is 0 Å². The maximum absolute atomic E-state index is 6.05. The van der Waals surface area contributed by atoms with E-state index in [1.54, 1.807) is 0 Å². The summed E-state index contributed by atoms with van der Waals surface area (Å²) in [5.41, 5.74) is 7.33. The van der Waals surface area contributed by atoms with Crippen LogP contribution >= 0.6 is 11.8 Å². The Morgan fingerprint density at radius 2 is 2.16 bits per heavy atom. The maximum Gasteiger partial charge on any atom is 0.235 e. The molecule has 0 radical (unpaired) electrons. The molecule has 19 heavy (non-hydrogen) atoms. The van der Waals surface area contributed by atoms with Crippen LogP contribution in [0.25, 0.3) is 0 Å². The lowest BCUT2D eigenvalue weighted by molar-refractivity contribution is 0.357. The van der Waals surface area contributed by atoms with Crippen LogP contribution in [0.3, 0.4) is 0 Å². The number of nitrogens with zero attached hydrogens (tertiary/aromatic N) is 2. The first-order valence-electron chi connectivity index (χ1n) is 6.47. The summed E-state index contributed by atoms with van der Waals surface area (Å²) in [6, 6.07) is 8.21. The second kappa shape index (κ2) is 4.98. The van der Waals surface area contributed by atoms with Crippen LogP contribution in [0.1, 0.15) is 43.1 Å². The van der Waals surface area contributed by atoms with Gasteiger partial charge in [0.1, 0.15) is 0 Å². The zero-order valence-corrected chi connectivity index (χ0v) is 11.9. The molecule has 1 aliphatic heterocycles. The Kier molecular flexibility index (Phi) is 3.33. The molecule has 0 spiro atoms. The smallest absolute Gasteiger partial charge is 0.235 e. The largest absolute Gasteiger partial charge is 0.339 e. The fraction of sp³-hybridized carbons (Fsp3) is 0.429. The Hall–Kier alpha value is -1.33. The summed E-state index contributed by atoms with van der Waals surface area (Å²) in [4.78, 5) is 5.80. The SMILES string of the molecule is CC(C)C(N)c1noc(C2CSc3ccccc32)n1. The molecule has 0 amide bonds. The molecular formula is C14H17N3OS. The number of thioether (sulfide) groups is 1. The molecule has 0 fully saturated rings. The highest BCUT2D eigenvalue weighted by Gasteiger charge is 2.30. The van der Waals surface area contributed by atoms with Gasteiger partial charge in [-0.1, -0.05) is 37.2 Å². The van der Waals surface area contributed by atoms with Crippen LogP contribution in [-0.2, 0) is 0 Å². The van der Waals surface area contributed by atoms with Crippen molar-refractivity contribution in [3.63, 3.8) is 0 Å². The average molecular weight is 275 g/mol. The van der Waals surface area contributed by atoms with Crippen LogP contribution in [0.15, 0.2) is 33.7 Å². The maximum atomic E-state index is 6.05. The molecule has 0 bridgehead atoms. The standard InChI is InChI=1S/C14H17N3OS/c1-8(2)12(15)13-16-14(18-17-13)10-7-19-11-6-4-3-5-9(10)11/h3-6,8,10,12H,7,15H2,1-2H3. The van der Waals surface area contributed by atoms with E-state index >= 15 is 0 Å². The van der Waals surface area contributed by atoms with Gasteiger partial charge in [0.15, 0.2) is 5.82 Å². The number of aromatic nitrogens is 2. The van der Waals surface area contributed by atoms with Gasteiger partial charge in [-0.2, -0.15) is 4.98 Å². The molecular weight excluding hydrogens is 258 g/mol. The van der Waals surface area contributed by atoms with Gasteiger partial charge in [0.2, 0.25) is 5.89 Å². The van der Waals surface area contributed by atoms with Gasteiger partial charge in [-0.25, -0.2) is 0 Å². The van der Waals surface area contributed by atoms with E-state index in [0.29, 0.717) is 17.6 Å². The first kappa shape index (κ1) is 12.7. The molecule has 2 heterocycles. The molecule has 1 aromatic carbocycles. The summed E-state index contributed by atoms with van der Waals surface area (Å²) >= 11 is 1.84. The number of nitrogens with two attached hydrogens (primary N) is 1.